The minimum absolute atomic E-state index is 0.256. The lowest BCUT2D eigenvalue weighted by Crippen LogP contribution is -2.64. The Labute approximate surface area is 112 Å². The van der Waals surface area contributed by atoms with Crippen LogP contribution in [0.3, 0.4) is 0 Å². The molecule has 0 bridgehead atoms. The van der Waals surface area contributed by atoms with Gasteiger partial charge in [0.05, 0.1) is 6.10 Å². The monoisotopic (exact) mass is 254 g/mol. The molecule has 0 radical (unpaired) electrons. The smallest absolute Gasteiger partial charge is 0.0586 e. The van der Waals surface area contributed by atoms with Crippen molar-refractivity contribution < 1.29 is 4.74 Å². The molecule has 1 aliphatic heterocycles. The Balaban J connectivity index is 2.03. The van der Waals surface area contributed by atoms with Crippen LogP contribution in [-0.4, -0.2) is 48.8 Å². The second kappa shape index (κ2) is 5.89. The predicted octanol–water partition coefficient (Wildman–Crippen LogP) is 2.41. The lowest BCUT2D eigenvalue weighted by Gasteiger charge is -2.49. The summed E-state index contributed by atoms with van der Waals surface area (Å²) in [6.07, 6.45) is 6.88. The molecule has 2 rings (SSSR count). The average molecular weight is 254 g/mol. The lowest BCUT2D eigenvalue weighted by atomic mass is 9.87. The molecular weight excluding hydrogens is 224 g/mol. The van der Waals surface area contributed by atoms with E-state index >= 15 is 0 Å². The Bertz CT molecular complexity index is 267. The Morgan fingerprint density at radius 1 is 1.33 bits per heavy atom. The third-order valence-corrected chi connectivity index (χ3v) is 4.74. The van der Waals surface area contributed by atoms with Gasteiger partial charge in [0.2, 0.25) is 0 Å². The lowest BCUT2D eigenvalue weighted by molar-refractivity contribution is -0.0109. The van der Waals surface area contributed by atoms with Crippen molar-refractivity contribution in [1.82, 2.24) is 10.2 Å². The fourth-order valence-electron chi connectivity index (χ4n) is 3.59. The molecule has 0 aromatic rings. The van der Waals surface area contributed by atoms with Crippen molar-refractivity contribution in [1.29, 1.82) is 0 Å². The molecule has 3 atom stereocenters. The number of methoxy groups -OCH3 is 1. The molecule has 3 nitrogen and oxygen atoms in total. The first-order valence-electron chi connectivity index (χ1n) is 7.59. The van der Waals surface area contributed by atoms with Crippen LogP contribution >= 0.6 is 0 Å². The second-order valence-corrected chi connectivity index (χ2v) is 6.68. The molecular formula is C15H30N2O. The number of nitrogens with one attached hydrogen (secondary N) is 1. The zero-order chi connectivity index (χ0) is 13.2. The highest BCUT2D eigenvalue weighted by Gasteiger charge is 2.37. The van der Waals surface area contributed by atoms with Gasteiger partial charge in [-0.3, -0.25) is 4.90 Å². The molecule has 106 valence electrons. The van der Waals surface area contributed by atoms with Gasteiger partial charge in [0.25, 0.3) is 0 Å². The SMILES string of the molecule is CCC1CNC(C)(C)CN1C1CCCC(OC)C1. The van der Waals surface area contributed by atoms with Gasteiger partial charge in [0.1, 0.15) is 0 Å². The summed E-state index contributed by atoms with van der Waals surface area (Å²) in [6.45, 7) is 9.27. The number of ether oxygens (including phenoxy) is 1. The molecule has 0 aromatic heterocycles. The maximum Gasteiger partial charge on any atom is 0.0586 e. The van der Waals surface area contributed by atoms with Crippen LogP contribution in [0.25, 0.3) is 0 Å². The van der Waals surface area contributed by atoms with Gasteiger partial charge >= 0.3 is 0 Å². The summed E-state index contributed by atoms with van der Waals surface area (Å²) in [6, 6.07) is 1.44. The van der Waals surface area contributed by atoms with Crippen molar-refractivity contribution in [2.24, 2.45) is 0 Å². The largest absolute Gasteiger partial charge is 0.381 e. The number of hydrogen-bond donors (Lipinski definition) is 1. The van der Waals surface area contributed by atoms with Crippen molar-refractivity contribution in [2.45, 2.75) is 76.6 Å². The summed E-state index contributed by atoms with van der Waals surface area (Å²) in [5.74, 6) is 0. The molecule has 1 saturated heterocycles. The highest BCUT2D eigenvalue weighted by molar-refractivity contribution is 4.96. The molecule has 2 aliphatic rings. The third-order valence-electron chi connectivity index (χ3n) is 4.74. The van der Waals surface area contributed by atoms with Gasteiger partial charge < -0.3 is 10.1 Å². The normalized spacial score (nSPS) is 37.7. The van der Waals surface area contributed by atoms with Crippen LogP contribution in [0.1, 0.15) is 52.9 Å². The number of rotatable bonds is 3. The Morgan fingerprint density at radius 2 is 2.11 bits per heavy atom. The molecule has 1 saturated carbocycles. The van der Waals surface area contributed by atoms with Crippen molar-refractivity contribution >= 4 is 0 Å². The van der Waals surface area contributed by atoms with E-state index in [0.717, 1.165) is 12.6 Å². The van der Waals surface area contributed by atoms with Gasteiger partial charge in [0.15, 0.2) is 0 Å². The molecule has 0 aromatic carbocycles. The van der Waals surface area contributed by atoms with Crippen LogP contribution < -0.4 is 5.32 Å². The fourth-order valence-corrected chi connectivity index (χ4v) is 3.59. The summed E-state index contributed by atoms with van der Waals surface area (Å²) >= 11 is 0. The summed E-state index contributed by atoms with van der Waals surface area (Å²) in [5, 5.41) is 3.68. The molecule has 1 heterocycles. The first-order chi connectivity index (χ1) is 8.55. The van der Waals surface area contributed by atoms with E-state index in [0.29, 0.717) is 12.1 Å². The van der Waals surface area contributed by atoms with Gasteiger partial charge in [-0.25, -0.2) is 0 Å². The van der Waals surface area contributed by atoms with Gasteiger partial charge in [-0.15, -0.1) is 0 Å². The number of hydrogen-bond acceptors (Lipinski definition) is 3. The zero-order valence-electron chi connectivity index (χ0n) is 12.5. The quantitative estimate of drug-likeness (QED) is 0.837. The first kappa shape index (κ1) is 14.3. The average Bonchev–Trinajstić information content (AvgIpc) is 2.38. The van der Waals surface area contributed by atoms with E-state index < -0.39 is 0 Å². The summed E-state index contributed by atoms with van der Waals surface area (Å²) in [7, 11) is 1.87. The van der Waals surface area contributed by atoms with E-state index in [1.807, 2.05) is 7.11 Å². The van der Waals surface area contributed by atoms with E-state index in [-0.39, 0.29) is 5.54 Å². The van der Waals surface area contributed by atoms with Crippen LogP contribution in [0.4, 0.5) is 0 Å². The summed E-state index contributed by atoms with van der Waals surface area (Å²) in [5.41, 5.74) is 0.256. The third kappa shape index (κ3) is 3.25. The molecule has 3 heteroatoms. The number of piperazine rings is 1. The molecule has 2 fully saturated rings. The van der Waals surface area contributed by atoms with Crippen molar-refractivity contribution in [3.8, 4) is 0 Å². The Morgan fingerprint density at radius 3 is 2.78 bits per heavy atom. The van der Waals surface area contributed by atoms with Gasteiger partial charge in [-0.2, -0.15) is 0 Å². The van der Waals surface area contributed by atoms with Gasteiger partial charge in [-0.1, -0.05) is 6.92 Å². The molecule has 0 amide bonds. The highest BCUT2D eigenvalue weighted by Crippen LogP contribution is 2.29. The maximum absolute atomic E-state index is 5.59. The minimum Gasteiger partial charge on any atom is -0.381 e. The topological polar surface area (TPSA) is 24.5 Å². The molecule has 3 unspecified atom stereocenters. The molecule has 18 heavy (non-hydrogen) atoms. The van der Waals surface area contributed by atoms with Crippen molar-refractivity contribution in [2.75, 3.05) is 20.2 Å². The highest BCUT2D eigenvalue weighted by atomic mass is 16.5. The van der Waals surface area contributed by atoms with Gasteiger partial charge in [-0.05, 0) is 46.0 Å². The Kier molecular flexibility index (Phi) is 4.68. The second-order valence-electron chi connectivity index (χ2n) is 6.68. The van der Waals surface area contributed by atoms with Crippen LogP contribution in [0.5, 0.6) is 0 Å². The summed E-state index contributed by atoms with van der Waals surface area (Å²) in [4.78, 5) is 2.77. The van der Waals surface area contributed by atoms with Crippen LogP contribution in [0, 0.1) is 0 Å². The van der Waals surface area contributed by atoms with E-state index in [2.05, 4.69) is 31.0 Å². The minimum atomic E-state index is 0.256. The van der Waals surface area contributed by atoms with Crippen LogP contribution in [-0.2, 0) is 4.74 Å². The van der Waals surface area contributed by atoms with Crippen LogP contribution in [0.2, 0.25) is 0 Å². The molecule has 1 aliphatic carbocycles. The van der Waals surface area contributed by atoms with E-state index in [4.69, 9.17) is 4.74 Å². The standard InChI is InChI=1S/C15H30N2O/c1-5-12-10-16-15(2,3)11-17(12)13-7-6-8-14(9-13)18-4/h12-14,16H,5-11H2,1-4H3. The zero-order valence-corrected chi connectivity index (χ0v) is 12.5. The molecule has 0 spiro atoms. The van der Waals surface area contributed by atoms with E-state index in [1.54, 1.807) is 0 Å². The Hall–Kier alpha value is -0.120. The molecule has 1 N–H and O–H groups in total. The summed E-state index contributed by atoms with van der Waals surface area (Å²) < 4.78 is 5.59. The van der Waals surface area contributed by atoms with Crippen molar-refractivity contribution in [3.63, 3.8) is 0 Å². The van der Waals surface area contributed by atoms with E-state index in [1.165, 1.54) is 38.6 Å². The maximum atomic E-state index is 5.59. The predicted molar refractivity (Wildman–Crippen MR) is 75.9 cm³/mol. The number of nitrogens with zero attached hydrogens (tertiary/aromatic N) is 1. The van der Waals surface area contributed by atoms with Crippen LogP contribution in [0.15, 0.2) is 0 Å². The first-order valence-corrected chi connectivity index (χ1v) is 7.59. The van der Waals surface area contributed by atoms with E-state index in [9.17, 15) is 0 Å². The van der Waals surface area contributed by atoms with Gasteiger partial charge in [0, 0.05) is 37.8 Å². The fraction of sp³-hybridized carbons (Fsp3) is 1.00. The van der Waals surface area contributed by atoms with Crippen molar-refractivity contribution in [3.05, 3.63) is 0 Å².